The molecule has 1 aromatic heterocycles. The number of ether oxygens (including phenoxy) is 2. The van der Waals surface area contributed by atoms with Crippen LogP contribution in [0, 0.1) is 17.8 Å². The van der Waals surface area contributed by atoms with Crippen molar-refractivity contribution >= 4 is 12.0 Å². The van der Waals surface area contributed by atoms with Crippen molar-refractivity contribution in [2.45, 2.75) is 63.9 Å². The number of carbonyl (C=O) groups is 2. The molecule has 2 aliphatic carbocycles. The second-order valence-corrected chi connectivity index (χ2v) is 10.4. The van der Waals surface area contributed by atoms with E-state index in [-0.39, 0.29) is 17.6 Å². The predicted octanol–water partition coefficient (Wildman–Crippen LogP) is 3.66. The van der Waals surface area contributed by atoms with Crippen LogP contribution in [0.25, 0.3) is 0 Å². The quantitative estimate of drug-likeness (QED) is 0.616. The Hall–Kier alpha value is -2.31. The first-order chi connectivity index (χ1) is 15.5. The molecular weight excluding hydrogens is 406 g/mol. The SMILES string of the molecule is CC1(OC(=O)N2CCC([C@@H]3C[C@H]3CCOc3ccc(CC(=O)N4CCC4)cn3)CC2)CC1. The molecule has 4 fully saturated rings. The number of amides is 2. The number of carbonyl (C=O) groups excluding carboxylic acids is 2. The highest BCUT2D eigenvalue weighted by Gasteiger charge is 2.45. The topological polar surface area (TPSA) is 72.0 Å². The molecule has 2 atom stereocenters. The van der Waals surface area contributed by atoms with Gasteiger partial charge in [0.1, 0.15) is 5.60 Å². The van der Waals surface area contributed by atoms with Crippen molar-refractivity contribution in [3.05, 3.63) is 23.9 Å². The average Bonchev–Trinajstić information content (AvgIpc) is 3.66. The second-order valence-electron chi connectivity index (χ2n) is 10.4. The fourth-order valence-corrected chi connectivity index (χ4v) is 5.01. The van der Waals surface area contributed by atoms with Crippen molar-refractivity contribution < 1.29 is 19.1 Å². The van der Waals surface area contributed by atoms with E-state index in [1.807, 2.05) is 28.9 Å². The van der Waals surface area contributed by atoms with Gasteiger partial charge in [0.25, 0.3) is 0 Å². The minimum absolute atomic E-state index is 0.118. The van der Waals surface area contributed by atoms with Crippen LogP contribution in [-0.2, 0) is 16.0 Å². The van der Waals surface area contributed by atoms with Crippen molar-refractivity contribution in [1.29, 1.82) is 0 Å². The van der Waals surface area contributed by atoms with Crippen molar-refractivity contribution in [3.8, 4) is 5.88 Å². The fraction of sp³-hybridized carbons (Fsp3) is 0.720. The van der Waals surface area contributed by atoms with Gasteiger partial charge < -0.3 is 19.3 Å². The van der Waals surface area contributed by atoms with Crippen molar-refractivity contribution in [2.75, 3.05) is 32.8 Å². The summed E-state index contributed by atoms with van der Waals surface area (Å²) in [7, 11) is 0. The first-order valence-corrected chi connectivity index (χ1v) is 12.3. The Balaban J connectivity index is 0.973. The summed E-state index contributed by atoms with van der Waals surface area (Å²) >= 11 is 0. The predicted molar refractivity (Wildman–Crippen MR) is 119 cm³/mol. The lowest BCUT2D eigenvalue weighted by Gasteiger charge is -2.32. The van der Waals surface area contributed by atoms with Gasteiger partial charge in [-0.2, -0.15) is 0 Å². The second kappa shape index (κ2) is 8.91. The third kappa shape index (κ3) is 5.18. The van der Waals surface area contributed by atoms with Gasteiger partial charge in [0.05, 0.1) is 13.0 Å². The summed E-state index contributed by atoms with van der Waals surface area (Å²) in [6.07, 6.45) is 9.70. The molecule has 0 N–H and O–H groups in total. The Labute approximate surface area is 190 Å². The number of hydrogen-bond acceptors (Lipinski definition) is 5. The minimum Gasteiger partial charge on any atom is -0.478 e. The van der Waals surface area contributed by atoms with Gasteiger partial charge in [-0.3, -0.25) is 4.79 Å². The lowest BCUT2D eigenvalue weighted by Crippen LogP contribution is -2.42. The monoisotopic (exact) mass is 441 g/mol. The van der Waals surface area contributed by atoms with Crippen molar-refractivity contribution in [3.63, 3.8) is 0 Å². The maximum absolute atomic E-state index is 12.3. The van der Waals surface area contributed by atoms with Gasteiger partial charge in [-0.15, -0.1) is 0 Å². The summed E-state index contributed by atoms with van der Waals surface area (Å²) in [5.41, 5.74) is 0.758. The molecule has 7 nitrogen and oxygen atoms in total. The van der Waals surface area contributed by atoms with Crippen LogP contribution in [0.1, 0.15) is 57.4 Å². The molecule has 2 saturated carbocycles. The van der Waals surface area contributed by atoms with Crippen LogP contribution in [-0.4, -0.2) is 65.2 Å². The van der Waals surface area contributed by atoms with Gasteiger partial charge in [-0.25, -0.2) is 9.78 Å². The number of pyridine rings is 1. The Kier molecular flexibility index (Phi) is 5.99. The molecule has 0 bridgehead atoms. The van der Waals surface area contributed by atoms with Crippen LogP contribution < -0.4 is 4.74 Å². The molecule has 2 aliphatic heterocycles. The van der Waals surface area contributed by atoms with Gasteiger partial charge in [0.2, 0.25) is 11.8 Å². The van der Waals surface area contributed by atoms with Gasteiger partial charge in [-0.05, 0) is 75.2 Å². The summed E-state index contributed by atoms with van der Waals surface area (Å²) in [4.78, 5) is 32.5. The largest absolute Gasteiger partial charge is 0.478 e. The molecule has 0 radical (unpaired) electrons. The Morgan fingerprint density at radius 3 is 2.53 bits per heavy atom. The van der Waals surface area contributed by atoms with Crippen LogP contribution in [0.5, 0.6) is 5.88 Å². The summed E-state index contributed by atoms with van der Waals surface area (Å²) in [6.45, 7) is 6.14. The van der Waals surface area contributed by atoms with Crippen LogP contribution in [0.3, 0.4) is 0 Å². The molecule has 174 valence electrons. The number of piperidine rings is 1. The van der Waals surface area contributed by atoms with E-state index in [0.717, 1.165) is 88.0 Å². The highest BCUT2D eigenvalue weighted by atomic mass is 16.6. The number of aromatic nitrogens is 1. The minimum atomic E-state index is -0.184. The van der Waals surface area contributed by atoms with E-state index in [2.05, 4.69) is 4.98 Å². The van der Waals surface area contributed by atoms with Gasteiger partial charge in [0.15, 0.2) is 0 Å². The highest BCUT2D eigenvalue weighted by molar-refractivity contribution is 5.79. The molecule has 0 aromatic carbocycles. The number of likely N-dealkylation sites (tertiary alicyclic amines) is 2. The van der Waals surface area contributed by atoms with E-state index in [9.17, 15) is 9.59 Å². The molecule has 0 unspecified atom stereocenters. The number of hydrogen-bond donors (Lipinski definition) is 0. The first kappa shape index (κ1) is 21.5. The normalized spacial score (nSPS) is 26.3. The lowest BCUT2D eigenvalue weighted by atomic mass is 9.91. The van der Waals surface area contributed by atoms with Crippen LogP contribution in [0.4, 0.5) is 4.79 Å². The van der Waals surface area contributed by atoms with E-state index in [1.54, 1.807) is 6.20 Å². The summed E-state index contributed by atoms with van der Waals surface area (Å²) in [6, 6.07) is 3.82. The molecule has 2 amide bonds. The summed E-state index contributed by atoms with van der Waals surface area (Å²) in [5, 5.41) is 0. The standard InChI is InChI=1S/C25H35N3O4/c1-25(8-9-25)32-24(30)28-12-5-19(6-13-28)21-16-20(21)7-14-31-22-4-3-18(17-26-22)15-23(29)27-10-2-11-27/h3-4,17,19-21H,2,5-16H2,1H3/t20-,21+/m1/s1. The Morgan fingerprint density at radius 2 is 1.91 bits per heavy atom. The zero-order chi connectivity index (χ0) is 22.1. The maximum Gasteiger partial charge on any atom is 0.410 e. The summed E-state index contributed by atoms with van der Waals surface area (Å²) in [5.74, 6) is 3.06. The molecule has 3 heterocycles. The molecule has 7 heteroatoms. The number of rotatable bonds is 8. The molecule has 2 saturated heterocycles. The fourth-order valence-electron chi connectivity index (χ4n) is 5.01. The van der Waals surface area contributed by atoms with Crippen molar-refractivity contribution in [2.24, 2.45) is 17.8 Å². The smallest absolute Gasteiger partial charge is 0.410 e. The average molecular weight is 442 g/mol. The maximum atomic E-state index is 12.3. The molecule has 1 aromatic rings. The van der Waals surface area contributed by atoms with Crippen molar-refractivity contribution in [1.82, 2.24) is 14.8 Å². The molecular formula is C25H35N3O4. The van der Waals surface area contributed by atoms with Crippen LogP contribution in [0.15, 0.2) is 18.3 Å². The molecule has 5 rings (SSSR count). The highest BCUT2D eigenvalue weighted by Crippen LogP contribution is 2.50. The third-order valence-corrected chi connectivity index (χ3v) is 7.77. The molecule has 4 aliphatic rings. The van der Waals surface area contributed by atoms with Gasteiger partial charge >= 0.3 is 6.09 Å². The van der Waals surface area contributed by atoms with E-state index in [4.69, 9.17) is 9.47 Å². The van der Waals surface area contributed by atoms with Crippen LogP contribution in [0.2, 0.25) is 0 Å². The Bertz CT molecular complexity index is 826. The third-order valence-electron chi connectivity index (χ3n) is 7.77. The Morgan fingerprint density at radius 1 is 1.12 bits per heavy atom. The first-order valence-electron chi connectivity index (χ1n) is 12.3. The van der Waals surface area contributed by atoms with Gasteiger partial charge in [0, 0.05) is 38.4 Å². The zero-order valence-corrected chi connectivity index (χ0v) is 19.1. The zero-order valence-electron chi connectivity index (χ0n) is 19.1. The molecule has 32 heavy (non-hydrogen) atoms. The van der Waals surface area contributed by atoms with E-state index in [1.165, 1.54) is 6.42 Å². The number of nitrogens with zero attached hydrogens (tertiary/aromatic N) is 3. The van der Waals surface area contributed by atoms with E-state index in [0.29, 0.717) is 18.9 Å². The molecule has 0 spiro atoms. The van der Waals surface area contributed by atoms with Crippen LogP contribution >= 0.6 is 0 Å². The summed E-state index contributed by atoms with van der Waals surface area (Å²) < 4.78 is 11.5. The van der Waals surface area contributed by atoms with Gasteiger partial charge in [-0.1, -0.05) is 6.07 Å². The van der Waals surface area contributed by atoms with E-state index < -0.39 is 0 Å². The lowest BCUT2D eigenvalue weighted by molar-refractivity contribution is -0.133. The van der Waals surface area contributed by atoms with E-state index >= 15 is 0 Å².